The van der Waals surface area contributed by atoms with E-state index in [1.165, 1.54) is 0 Å². The molecule has 0 bridgehead atoms. The molecule has 112 valence electrons. The van der Waals surface area contributed by atoms with Crippen LogP contribution in [-0.4, -0.2) is 30.3 Å². The van der Waals surface area contributed by atoms with Crippen molar-refractivity contribution in [1.29, 1.82) is 0 Å². The molecule has 3 nitrogen and oxygen atoms in total. The van der Waals surface area contributed by atoms with Crippen molar-refractivity contribution in [3.8, 4) is 0 Å². The third-order valence-corrected chi connectivity index (χ3v) is 3.53. The molecule has 0 atom stereocenters. The highest BCUT2D eigenvalue weighted by molar-refractivity contribution is 5.81. The Morgan fingerprint density at radius 1 is 1.37 bits per heavy atom. The van der Waals surface area contributed by atoms with Crippen molar-refractivity contribution in [2.24, 2.45) is 5.92 Å². The van der Waals surface area contributed by atoms with Crippen molar-refractivity contribution in [3.63, 3.8) is 0 Å². The van der Waals surface area contributed by atoms with Crippen LogP contribution in [0.3, 0.4) is 0 Å². The summed E-state index contributed by atoms with van der Waals surface area (Å²) in [6, 6.07) is 0.0202. The summed E-state index contributed by atoms with van der Waals surface area (Å²) in [5.74, 6) is -1.73. The third kappa shape index (κ3) is 4.09. The van der Waals surface area contributed by atoms with Crippen molar-refractivity contribution in [1.82, 2.24) is 5.32 Å². The van der Waals surface area contributed by atoms with Gasteiger partial charge in [-0.15, -0.1) is 0 Å². The second kappa shape index (κ2) is 6.11. The van der Waals surface area contributed by atoms with Crippen molar-refractivity contribution in [3.05, 3.63) is 0 Å². The van der Waals surface area contributed by atoms with Crippen LogP contribution < -0.4 is 5.32 Å². The van der Waals surface area contributed by atoms with E-state index in [-0.39, 0.29) is 38.3 Å². The Morgan fingerprint density at radius 3 is 2.26 bits per heavy atom. The number of alkyl halides is 3. The zero-order valence-electron chi connectivity index (χ0n) is 11.6. The first-order valence-electron chi connectivity index (χ1n) is 6.73. The Bertz CT molecular complexity index is 308. The summed E-state index contributed by atoms with van der Waals surface area (Å²) in [5, 5.41) is 3.11. The number of ether oxygens (including phenoxy) is 1. The lowest BCUT2D eigenvalue weighted by Crippen LogP contribution is -2.58. The molecule has 0 aromatic rings. The number of esters is 1. The lowest BCUT2D eigenvalue weighted by Gasteiger charge is -2.40. The van der Waals surface area contributed by atoms with E-state index in [1.807, 2.05) is 13.8 Å². The predicted molar refractivity (Wildman–Crippen MR) is 65.6 cm³/mol. The maximum absolute atomic E-state index is 12.7. The summed E-state index contributed by atoms with van der Waals surface area (Å²) in [5.41, 5.74) is -0.952. The minimum Gasteiger partial charge on any atom is -0.465 e. The van der Waals surface area contributed by atoms with Crippen LogP contribution in [0.1, 0.15) is 46.5 Å². The summed E-state index contributed by atoms with van der Waals surface area (Å²) < 4.78 is 43.0. The maximum atomic E-state index is 12.7. The van der Waals surface area contributed by atoms with Gasteiger partial charge >= 0.3 is 12.1 Å². The van der Waals surface area contributed by atoms with E-state index < -0.39 is 23.6 Å². The average Bonchev–Trinajstić information content (AvgIpc) is 2.27. The number of carbonyl (C=O) groups excluding carboxylic acids is 1. The quantitative estimate of drug-likeness (QED) is 0.805. The van der Waals surface area contributed by atoms with Crippen LogP contribution in [0.15, 0.2) is 0 Å². The van der Waals surface area contributed by atoms with Gasteiger partial charge in [-0.1, -0.05) is 0 Å². The third-order valence-electron chi connectivity index (χ3n) is 3.53. The monoisotopic (exact) mass is 281 g/mol. The Kier molecular flexibility index (Phi) is 5.24. The SMILES string of the molecule is CCOC(=O)C1(NC(C)C)CCC(C(F)(F)F)CC1. The number of halogens is 3. The molecule has 1 aliphatic rings. The minimum atomic E-state index is -4.17. The van der Waals surface area contributed by atoms with E-state index in [0.29, 0.717) is 0 Å². The molecular formula is C13H22F3NO2. The first kappa shape index (κ1) is 16.3. The van der Waals surface area contributed by atoms with Crippen molar-refractivity contribution in [2.45, 2.75) is 64.2 Å². The molecule has 0 aromatic carbocycles. The highest BCUT2D eigenvalue weighted by Gasteiger charge is 2.49. The van der Waals surface area contributed by atoms with Gasteiger partial charge in [-0.3, -0.25) is 10.1 Å². The first-order valence-corrected chi connectivity index (χ1v) is 6.73. The molecule has 19 heavy (non-hydrogen) atoms. The predicted octanol–water partition coefficient (Wildman–Crippen LogP) is 3.04. The van der Waals surface area contributed by atoms with Crippen molar-refractivity contribution >= 4 is 5.97 Å². The normalized spacial score (nSPS) is 28.5. The first-order chi connectivity index (χ1) is 8.71. The highest BCUT2D eigenvalue weighted by atomic mass is 19.4. The number of hydrogen-bond acceptors (Lipinski definition) is 3. The Morgan fingerprint density at radius 2 is 1.89 bits per heavy atom. The molecule has 0 saturated heterocycles. The van der Waals surface area contributed by atoms with Gasteiger partial charge in [-0.2, -0.15) is 13.2 Å². The van der Waals surface area contributed by atoms with Crippen LogP contribution in [0.5, 0.6) is 0 Å². The van der Waals surface area contributed by atoms with Crippen LogP contribution >= 0.6 is 0 Å². The number of hydrogen-bond donors (Lipinski definition) is 1. The molecule has 0 heterocycles. The average molecular weight is 281 g/mol. The molecular weight excluding hydrogens is 259 g/mol. The second-order valence-corrected chi connectivity index (χ2v) is 5.42. The minimum absolute atomic E-state index is 0.0202. The Hall–Kier alpha value is -0.780. The van der Waals surface area contributed by atoms with Crippen LogP contribution in [0.25, 0.3) is 0 Å². The topological polar surface area (TPSA) is 38.3 Å². The lowest BCUT2D eigenvalue weighted by atomic mass is 9.75. The van der Waals surface area contributed by atoms with Crippen LogP contribution in [0, 0.1) is 5.92 Å². The molecule has 1 rings (SSSR count). The van der Waals surface area contributed by atoms with E-state index in [4.69, 9.17) is 4.74 Å². The van der Waals surface area contributed by atoms with Crippen molar-refractivity contribution < 1.29 is 22.7 Å². The molecule has 0 spiro atoms. The molecule has 1 saturated carbocycles. The molecule has 6 heteroatoms. The van der Waals surface area contributed by atoms with Crippen LogP contribution in [-0.2, 0) is 9.53 Å². The fourth-order valence-electron chi connectivity index (χ4n) is 2.67. The van der Waals surface area contributed by atoms with Crippen LogP contribution in [0.4, 0.5) is 13.2 Å². The summed E-state index contributed by atoms with van der Waals surface area (Å²) in [7, 11) is 0. The van der Waals surface area contributed by atoms with E-state index >= 15 is 0 Å². The molecule has 1 fully saturated rings. The Balaban J connectivity index is 2.77. The Labute approximate surface area is 111 Å². The summed E-state index contributed by atoms with van der Waals surface area (Å²) in [6.45, 7) is 5.68. The smallest absolute Gasteiger partial charge is 0.391 e. The number of nitrogens with one attached hydrogen (secondary N) is 1. The molecule has 0 aliphatic heterocycles. The summed E-state index contributed by atoms with van der Waals surface area (Å²) in [6.07, 6.45) is -3.87. The largest absolute Gasteiger partial charge is 0.465 e. The molecule has 0 unspecified atom stereocenters. The lowest BCUT2D eigenvalue weighted by molar-refractivity contribution is -0.189. The standard InChI is InChI=1S/C13H22F3NO2/c1-4-19-11(18)12(17-9(2)3)7-5-10(6-8-12)13(14,15)16/h9-10,17H,4-8H2,1-3H3. The van der Waals surface area contributed by atoms with E-state index in [0.717, 1.165) is 0 Å². The van der Waals surface area contributed by atoms with Gasteiger partial charge in [0.2, 0.25) is 0 Å². The van der Waals surface area contributed by atoms with Gasteiger partial charge in [0, 0.05) is 6.04 Å². The zero-order chi connectivity index (χ0) is 14.7. The number of rotatable bonds is 4. The molecule has 0 radical (unpaired) electrons. The van der Waals surface area contributed by atoms with Crippen molar-refractivity contribution in [2.75, 3.05) is 6.61 Å². The summed E-state index contributed by atoms with van der Waals surface area (Å²) in [4.78, 5) is 12.0. The van der Waals surface area contributed by atoms with Gasteiger partial charge in [0.15, 0.2) is 0 Å². The number of carbonyl (C=O) groups is 1. The van der Waals surface area contributed by atoms with Gasteiger partial charge < -0.3 is 4.74 Å². The molecule has 0 amide bonds. The van der Waals surface area contributed by atoms with Gasteiger partial charge in [-0.25, -0.2) is 0 Å². The van der Waals surface area contributed by atoms with Gasteiger partial charge in [0.1, 0.15) is 5.54 Å². The van der Waals surface area contributed by atoms with E-state index in [2.05, 4.69) is 5.32 Å². The van der Waals surface area contributed by atoms with Gasteiger partial charge in [0.05, 0.1) is 12.5 Å². The van der Waals surface area contributed by atoms with Gasteiger partial charge in [0.25, 0.3) is 0 Å². The fraction of sp³-hybridized carbons (Fsp3) is 0.923. The maximum Gasteiger partial charge on any atom is 0.391 e. The van der Waals surface area contributed by atoms with E-state index in [9.17, 15) is 18.0 Å². The summed E-state index contributed by atoms with van der Waals surface area (Å²) >= 11 is 0. The molecule has 0 aromatic heterocycles. The zero-order valence-corrected chi connectivity index (χ0v) is 11.6. The fourth-order valence-corrected chi connectivity index (χ4v) is 2.67. The highest BCUT2D eigenvalue weighted by Crippen LogP contribution is 2.41. The van der Waals surface area contributed by atoms with Crippen LogP contribution in [0.2, 0.25) is 0 Å². The molecule has 1 N–H and O–H groups in total. The molecule has 1 aliphatic carbocycles. The van der Waals surface area contributed by atoms with Gasteiger partial charge in [-0.05, 0) is 46.5 Å². The van der Waals surface area contributed by atoms with E-state index in [1.54, 1.807) is 6.92 Å². The second-order valence-electron chi connectivity index (χ2n) is 5.42.